The van der Waals surface area contributed by atoms with Gasteiger partial charge in [-0.05, 0) is 50.4 Å². The van der Waals surface area contributed by atoms with E-state index in [1.807, 2.05) is 7.05 Å². The lowest BCUT2D eigenvalue weighted by atomic mass is 10.1. The summed E-state index contributed by atoms with van der Waals surface area (Å²) in [5.74, 6) is 0.172. The number of nitrogens with zero attached hydrogens (tertiary/aromatic N) is 2. The van der Waals surface area contributed by atoms with Gasteiger partial charge >= 0.3 is 0 Å². The monoisotopic (exact) mass is 326 g/mol. The van der Waals surface area contributed by atoms with Crippen molar-refractivity contribution in [2.24, 2.45) is 5.92 Å². The molecule has 1 aromatic rings. The molecule has 1 fully saturated rings. The third kappa shape index (κ3) is 4.43. The molecule has 0 aromatic heterocycles. The van der Waals surface area contributed by atoms with E-state index in [4.69, 9.17) is 11.6 Å². The molecule has 1 saturated heterocycles. The first kappa shape index (κ1) is 17.2. The molecule has 5 heteroatoms. The summed E-state index contributed by atoms with van der Waals surface area (Å²) in [5.41, 5.74) is 0.676. The highest BCUT2D eigenvalue weighted by Gasteiger charge is 2.26. The molecule has 3 nitrogen and oxygen atoms in total. The Bertz CT molecular complexity index is 535. The lowest BCUT2D eigenvalue weighted by molar-refractivity contribution is -0.129. The number of halogens is 2. The van der Waals surface area contributed by atoms with Crippen LogP contribution in [-0.4, -0.2) is 48.4 Å². The van der Waals surface area contributed by atoms with Gasteiger partial charge in [-0.1, -0.05) is 17.7 Å². The fourth-order valence-electron chi connectivity index (χ4n) is 2.93. The highest BCUT2D eigenvalue weighted by molar-refractivity contribution is 6.31. The summed E-state index contributed by atoms with van der Waals surface area (Å²) >= 11 is 5.99. The first-order valence-corrected chi connectivity index (χ1v) is 8.16. The molecule has 1 aromatic carbocycles. The molecule has 0 radical (unpaired) electrons. The summed E-state index contributed by atoms with van der Waals surface area (Å²) in [7, 11) is 1.83. The minimum absolute atomic E-state index is 0.0245. The van der Waals surface area contributed by atoms with Crippen molar-refractivity contribution < 1.29 is 9.18 Å². The van der Waals surface area contributed by atoms with Gasteiger partial charge in [0.25, 0.3) is 0 Å². The smallest absolute Gasteiger partial charge is 0.226 e. The summed E-state index contributed by atoms with van der Waals surface area (Å²) in [6.45, 7) is 7.32. The fourth-order valence-corrected chi connectivity index (χ4v) is 3.17. The zero-order chi connectivity index (χ0) is 16.3. The Morgan fingerprint density at radius 3 is 2.82 bits per heavy atom. The summed E-state index contributed by atoms with van der Waals surface area (Å²) in [4.78, 5) is 16.5. The van der Waals surface area contributed by atoms with E-state index in [9.17, 15) is 9.18 Å². The van der Waals surface area contributed by atoms with E-state index in [1.165, 1.54) is 12.1 Å². The summed E-state index contributed by atoms with van der Waals surface area (Å²) in [6.07, 6.45) is 1.35. The van der Waals surface area contributed by atoms with Gasteiger partial charge in [0.15, 0.2) is 0 Å². The Kier molecular flexibility index (Phi) is 5.81. The molecule has 0 N–H and O–H groups in total. The minimum Gasteiger partial charge on any atom is -0.345 e. The number of likely N-dealkylation sites (N-methyl/N-ethyl adjacent to an activating group) is 1. The van der Waals surface area contributed by atoms with Gasteiger partial charge in [-0.3, -0.25) is 4.79 Å². The molecule has 22 heavy (non-hydrogen) atoms. The molecule has 0 spiro atoms. The fraction of sp³-hybridized carbons (Fsp3) is 0.588. The molecule has 1 aliphatic rings. The lowest BCUT2D eigenvalue weighted by Crippen LogP contribution is -2.35. The highest BCUT2D eigenvalue weighted by atomic mass is 35.5. The number of benzene rings is 1. The van der Waals surface area contributed by atoms with E-state index in [1.54, 1.807) is 11.0 Å². The maximum absolute atomic E-state index is 13.0. The van der Waals surface area contributed by atoms with E-state index < -0.39 is 0 Å². The van der Waals surface area contributed by atoms with Crippen LogP contribution in [0.3, 0.4) is 0 Å². The minimum atomic E-state index is -0.380. The van der Waals surface area contributed by atoms with E-state index in [0.29, 0.717) is 22.5 Å². The van der Waals surface area contributed by atoms with Gasteiger partial charge in [-0.25, -0.2) is 4.39 Å². The van der Waals surface area contributed by atoms with Gasteiger partial charge in [0.1, 0.15) is 5.82 Å². The van der Waals surface area contributed by atoms with Crippen molar-refractivity contribution in [2.45, 2.75) is 32.7 Å². The molecule has 122 valence electrons. The van der Waals surface area contributed by atoms with Gasteiger partial charge in [-0.2, -0.15) is 0 Å². The van der Waals surface area contributed by atoms with Crippen LogP contribution in [0.1, 0.15) is 25.8 Å². The molecule has 0 saturated carbocycles. The number of amides is 1. The predicted octanol–water partition coefficient (Wildman–Crippen LogP) is 3.21. The van der Waals surface area contributed by atoms with Crippen molar-refractivity contribution in [1.82, 2.24) is 9.80 Å². The Balaban J connectivity index is 1.87. The molecular formula is C17H24ClFN2O. The highest BCUT2D eigenvalue weighted by Crippen LogP contribution is 2.21. The zero-order valence-corrected chi connectivity index (χ0v) is 14.2. The maximum atomic E-state index is 13.0. The summed E-state index contributed by atoms with van der Waals surface area (Å²) in [6, 6.07) is 4.73. The van der Waals surface area contributed by atoms with Gasteiger partial charge < -0.3 is 9.80 Å². The van der Waals surface area contributed by atoms with Crippen molar-refractivity contribution in [3.63, 3.8) is 0 Å². The number of hydrogen-bond acceptors (Lipinski definition) is 2. The second kappa shape index (κ2) is 7.42. The van der Waals surface area contributed by atoms with Gasteiger partial charge in [-0.15, -0.1) is 0 Å². The molecule has 1 aliphatic heterocycles. The number of carbonyl (C=O) groups is 1. The average Bonchev–Trinajstić information content (AvgIpc) is 2.90. The van der Waals surface area contributed by atoms with E-state index in [-0.39, 0.29) is 18.1 Å². The standard InChI is InChI=1S/C17H24ClFN2O/c1-12(2)21-7-6-13(11-21)10-20(3)17(22)8-14-4-5-15(19)9-16(14)18/h4-5,9,12-13H,6-8,10-11H2,1-3H3. The molecule has 1 unspecified atom stereocenters. The third-order valence-electron chi connectivity index (χ3n) is 4.36. The van der Waals surface area contributed by atoms with Gasteiger partial charge in [0, 0.05) is 31.2 Å². The Labute approximate surface area is 137 Å². The number of carbonyl (C=O) groups excluding carboxylic acids is 1. The van der Waals surface area contributed by atoms with E-state index in [2.05, 4.69) is 18.7 Å². The summed E-state index contributed by atoms with van der Waals surface area (Å²) < 4.78 is 13.0. The van der Waals surface area contributed by atoms with Crippen molar-refractivity contribution >= 4 is 17.5 Å². The zero-order valence-electron chi connectivity index (χ0n) is 13.5. The van der Waals surface area contributed by atoms with Gasteiger partial charge in [0.05, 0.1) is 6.42 Å². The molecule has 0 bridgehead atoms. The van der Waals surface area contributed by atoms with Crippen LogP contribution < -0.4 is 0 Å². The van der Waals surface area contributed by atoms with Crippen molar-refractivity contribution in [3.8, 4) is 0 Å². The largest absolute Gasteiger partial charge is 0.345 e. The SMILES string of the molecule is CC(C)N1CCC(CN(C)C(=O)Cc2ccc(F)cc2Cl)C1. The quantitative estimate of drug-likeness (QED) is 0.829. The third-order valence-corrected chi connectivity index (χ3v) is 4.71. The molecule has 2 rings (SSSR count). The topological polar surface area (TPSA) is 23.6 Å². The molecule has 0 aliphatic carbocycles. The maximum Gasteiger partial charge on any atom is 0.226 e. The second-order valence-electron chi connectivity index (χ2n) is 6.43. The summed E-state index contributed by atoms with van der Waals surface area (Å²) in [5, 5.41) is 0.314. The van der Waals surface area contributed by atoms with Gasteiger partial charge in [0.2, 0.25) is 5.91 Å². The normalized spacial score (nSPS) is 18.9. The van der Waals surface area contributed by atoms with Crippen LogP contribution in [0.2, 0.25) is 5.02 Å². The Morgan fingerprint density at radius 1 is 1.50 bits per heavy atom. The number of hydrogen-bond donors (Lipinski definition) is 0. The van der Waals surface area contributed by atoms with Crippen LogP contribution in [0.25, 0.3) is 0 Å². The first-order valence-electron chi connectivity index (χ1n) is 7.78. The first-order chi connectivity index (χ1) is 10.4. The predicted molar refractivity (Wildman–Crippen MR) is 87.6 cm³/mol. The van der Waals surface area contributed by atoms with E-state index in [0.717, 1.165) is 26.1 Å². The lowest BCUT2D eigenvalue weighted by Gasteiger charge is -2.23. The van der Waals surface area contributed by atoms with E-state index >= 15 is 0 Å². The Morgan fingerprint density at radius 2 is 2.23 bits per heavy atom. The van der Waals surface area contributed by atoms with Crippen molar-refractivity contribution in [2.75, 3.05) is 26.7 Å². The van der Waals surface area contributed by atoms with Crippen LogP contribution in [0.5, 0.6) is 0 Å². The number of rotatable bonds is 5. The van der Waals surface area contributed by atoms with Crippen molar-refractivity contribution in [3.05, 3.63) is 34.6 Å². The van der Waals surface area contributed by atoms with Crippen LogP contribution in [0.4, 0.5) is 4.39 Å². The molecule has 1 amide bonds. The van der Waals surface area contributed by atoms with Crippen LogP contribution in [0, 0.1) is 11.7 Å². The van der Waals surface area contributed by atoms with Crippen molar-refractivity contribution in [1.29, 1.82) is 0 Å². The average molecular weight is 327 g/mol. The molecule has 1 heterocycles. The Hall–Kier alpha value is -1.13. The number of likely N-dealkylation sites (tertiary alicyclic amines) is 1. The molecule has 1 atom stereocenters. The van der Waals surface area contributed by atoms with Crippen LogP contribution >= 0.6 is 11.6 Å². The van der Waals surface area contributed by atoms with Crippen LogP contribution in [-0.2, 0) is 11.2 Å². The molecular weight excluding hydrogens is 303 g/mol. The second-order valence-corrected chi connectivity index (χ2v) is 6.84. The van der Waals surface area contributed by atoms with Crippen LogP contribution in [0.15, 0.2) is 18.2 Å².